The lowest BCUT2D eigenvalue weighted by Gasteiger charge is -2.28. The van der Waals surface area contributed by atoms with Crippen LogP contribution in [-0.2, 0) is 0 Å². The topological polar surface area (TPSA) is 74.2 Å². The largest absolute Gasteiger partial charge is 0.391 e. The monoisotopic (exact) mass is 453 g/mol. The number of aliphatic hydroxyl groups excluding tert-OH is 1. The molecule has 3 aromatic rings. The number of aryl methyl sites for hydroxylation is 1. The zero-order chi connectivity index (χ0) is 23.9. The highest BCUT2D eigenvalue weighted by atomic mass is 16.3. The van der Waals surface area contributed by atoms with Crippen molar-refractivity contribution in [2.45, 2.75) is 57.7 Å². The molecule has 1 saturated carbocycles. The molecule has 1 aliphatic carbocycles. The van der Waals surface area contributed by atoms with Gasteiger partial charge in [-0.25, -0.2) is 0 Å². The molecule has 5 heteroatoms. The molecule has 0 aliphatic heterocycles. The molecule has 3 atom stereocenters. The molecule has 34 heavy (non-hydrogen) atoms. The predicted molar refractivity (Wildman–Crippen MR) is 136 cm³/mol. The number of hydrogen-bond acceptors (Lipinski definition) is 4. The minimum Gasteiger partial charge on any atom is -0.391 e. The van der Waals surface area contributed by atoms with Crippen LogP contribution in [-0.4, -0.2) is 28.1 Å². The summed E-state index contributed by atoms with van der Waals surface area (Å²) in [6.07, 6.45) is 6.74. The molecule has 1 heterocycles. The van der Waals surface area contributed by atoms with Crippen molar-refractivity contribution in [3.05, 3.63) is 94.8 Å². The van der Waals surface area contributed by atoms with Crippen molar-refractivity contribution in [3.63, 3.8) is 0 Å². The van der Waals surface area contributed by atoms with Crippen LogP contribution in [0.5, 0.6) is 0 Å². The predicted octanol–water partition coefficient (Wildman–Crippen LogP) is 5.00. The molecular weight excluding hydrogens is 422 g/mol. The van der Waals surface area contributed by atoms with Gasteiger partial charge in [0.2, 0.25) is 0 Å². The van der Waals surface area contributed by atoms with Gasteiger partial charge < -0.3 is 15.7 Å². The number of benzene rings is 2. The Bertz CT molecular complexity index is 1200. The van der Waals surface area contributed by atoms with E-state index in [1.807, 2.05) is 67.7 Å². The second-order valence-corrected chi connectivity index (χ2v) is 8.95. The minimum atomic E-state index is -0.467. The van der Waals surface area contributed by atoms with E-state index >= 15 is 0 Å². The molecular formula is C29H31N3O2. The molecule has 1 aliphatic rings. The summed E-state index contributed by atoms with van der Waals surface area (Å²) in [5, 5.41) is 16.7. The highest BCUT2D eigenvalue weighted by molar-refractivity contribution is 5.95. The van der Waals surface area contributed by atoms with Crippen molar-refractivity contribution in [3.8, 4) is 11.8 Å². The fourth-order valence-electron chi connectivity index (χ4n) is 4.20. The first-order valence-electron chi connectivity index (χ1n) is 11.9. The Balaban J connectivity index is 1.46. The molecule has 3 N–H and O–H groups in total. The summed E-state index contributed by atoms with van der Waals surface area (Å²) in [4.78, 5) is 17.2. The van der Waals surface area contributed by atoms with Gasteiger partial charge in [-0.1, -0.05) is 48.9 Å². The standard InChI is InChI=1S/C29H31N3O2/c1-20-12-15-24(29(34)32-26-10-6-7-11-28(26)33)17-27(20)31-21(2)25-16-23(18-30-19-25)14-13-22-8-4-3-5-9-22/h3-5,8-9,12,15-19,21,26,28,31,33H,6-7,10-11H2,1-2H3,(H,32,34)/t21-,26-,28-/m0/s1. The average molecular weight is 454 g/mol. The van der Waals surface area contributed by atoms with Crippen LogP contribution in [0.15, 0.2) is 67.0 Å². The van der Waals surface area contributed by atoms with E-state index < -0.39 is 6.10 Å². The summed E-state index contributed by atoms with van der Waals surface area (Å²) in [5.74, 6) is 6.20. The van der Waals surface area contributed by atoms with Crippen molar-refractivity contribution in [2.75, 3.05) is 5.32 Å². The number of carbonyl (C=O) groups is 1. The normalized spacial score (nSPS) is 18.3. The first kappa shape index (κ1) is 23.5. The molecule has 0 saturated heterocycles. The number of nitrogens with one attached hydrogen (secondary N) is 2. The van der Waals surface area contributed by atoms with Crippen molar-refractivity contribution < 1.29 is 9.90 Å². The number of pyridine rings is 1. The van der Waals surface area contributed by atoms with Crippen LogP contribution < -0.4 is 10.6 Å². The van der Waals surface area contributed by atoms with Crippen molar-refractivity contribution >= 4 is 11.6 Å². The lowest BCUT2D eigenvalue weighted by molar-refractivity contribution is 0.0717. The summed E-state index contributed by atoms with van der Waals surface area (Å²) in [5.41, 5.74) is 5.36. The second-order valence-electron chi connectivity index (χ2n) is 8.95. The molecule has 1 amide bonds. The lowest BCUT2D eigenvalue weighted by atomic mass is 9.92. The third-order valence-electron chi connectivity index (χ3n) is 6.30. The molecule has 1 fully saturated rings. The Morgan fingerprint density at radius 1 is 1.03 bits per heavy atom. The maximum absolute atomic E-state index is 12.8. The summed E-state index contributed by atoms with van der Waals surface area (Å²) in [6, 6.07) is 17.4. The highest BCUT2D eigenvalue weighted by Gasteiger charge is 2.25. The Kier molecular flexibility index (Phi) is 7.61. The first-order chi connectivity index (χ1) is 16.5. The quantitative estimate of drug-likeness (QED) is 0.476. The van der Waals surface area contributed by atoms with Crippen LogP contribution in [0.25, 0.3) is 0 Å². The molecule has 1 aromatic heterocycles. The van der Waals surface area contributed by atoms with Gasteiger partial charge in [-0.3, -0.25) is 9.78 Å². The van der Waals surface area contributed by atoms with Crippen LogP contribution in [0.1, 0.15) is 71.3 Å². The second kappa shape index (κ2) is 11.0. The SMILES string of the molecule is Cc1ccc(C(=O)N[C@H]2CCCC[C@@H]2O)cc1N[C@@H](C)c1cncc(C#Cc2ccccc2)c1. The number of amides is 1. The third-order valence-corrected chi connectivity index (χ3v) is 6.30. The van der Waals surface area contributed by atoms with E-state index in [1.165, 1.54) is 0 Å². The van der Waals surface area contributed by atoms with Crippen LogP contribution >= 0.6 is 0 Å². The van der Waals surface area contributed by atoms with E-state index in [1.54, 1.807) is 6.20 Å². The molecule has 5 nitrogen and oxygen atoms in total. The van der Waals surface area contributed by atoms with Crippen LogP contribution in [0, 0.1) is 18.8 Å². The Morgan fingerprint density at radius 3 is 2.59 bits per heavy atom. The van der Waals surface area contributed by atoms with Gasteiger partial charge in [0, 0.05) is 34.8 Å². The fourth-order valence-corrected chi connectivity index (χ4v) is 4.20. The van der Waals surface area contributed by atoms with Crippen molar-refractivity contribution in [2.24, 2.45) is 0 Å². The Morgan fingerprint density at radius 2 is 1.79 bits per heavy atom. The summed E-state index contributed by atoms with van der Waals surface area (Å²) in [7, 11) is 0. The summed E-state index contributed by atoms with van der Waals surface area (Å²) >= 11 is 0. The number of carbonyl (C=O) groups excluding carboxylic acids is 1. The van der Waals surface area contributed by atoms with E-state index in [0.717, 1.165) is 53.6 Å². The van der Waals surface area contributed by atoms with Crippen LogP contribution in [0.2, 0.25) is 0 Å². The maximum atomic E-state index is 12.8. The molecule has 2 aromatic carbocycles. The van der Waals surface area contributed by atoms with Gasteiger partial charge in [-0.15, -0.1) is 0 Å². The number of anilines is 1. The van der Waals surface area contributed by atoms with Gasteiger partial charge in [0.15, 0.2) is 0 Å². The summed E-state index contributed by atoms with van der Waals surface area (Å²) in [6.45, 7) is 4.08. The number of hydrogen-bond donors (Lipinski definition) is 3. The number of nitrogens with zero attached hydrogens (tertiary/aromatic N) is 1. The summed E-state index contributed by atoms with van der Waals surface area (Å²) < 4.78 is 0. The molecule has 0 radical (unpaired) electrons. The van der Waals surface area contributed by atoms with Crippen LogP contribution in [0.4, 0.5) is 5.69 Å². The van der Waals surface area contributed by atoms with Crippen LogP contribution in [0.3, 0.4) is 0 Å². The van der Waals surface area contributed by atoms with Crippen molar-refractivity contribution in [1.82, 2.24) is 10.3 Å². The van der Waals surface area contributed by atoms with Crippen molar-refractivity contribution in [1.29, 1.82) is 0 Å². The van der Waals surface area contributed by atoms with E-state index in [-0.39, 0.29) is 18.0 Å². The molecule has 174 valence electrons. The number of aliphatic hydroxyl groups is 1. The van der Waals surface area contributed by atoms with Gasteiger partial charge >= 0.3 is 0 Å². The highest BCUT2D eigenvalue weighted by Crippen LogP contribution is 2.24. The fraction of sp³-hybridized carbons (Fsp3) is 0.310. The maximum Gasteiger partial charge on any atom is 0.251 e. The smallest absolute Gasteiger partial charge is 0.251 e. The number of aromatic nitrogens is 1. The Labute approximate surface area is 201 Å². The zero-order valence-corrected chi connectivity index (χ0v) is 19.7. The molecule has 0 spiro atoms. The van der Waals surface area contributed by atoms with Gasteiger partial charge in [-0.05, 0) is 68.1 Å². The van der Waals surface area contributed by atoms with E-state index in [9.17, 15) is 9.90 Å². The Hall–Kier alpha value is -3.62. The van der Waals surface area contributed by atoms with Gasteiger partial charge in [0.25, 0.3) is 5.91 Å². The third kappa shape index (κ3) is 6.03. The van der Waals surface area contributed by atoms with E-state index in [0.29, 0.717) is 5.56 Å². The van der Waals surface area contributed by atoms with E-state index in [2.05, 4.69) is 34.4 Å². The lowest BCUT2D eigenvalue weighted by Crippen LogP contribution is -2.45. The molecule has 4 rings (SSSR count). The number of rotatable bonds is 5. The van der Waals surface area contributed by atoms with Gasteiger partial charge in [0.05, 0.1) is 18.2 Å². The minimum absolute atomic E-state index is 0.0249. The van der Waals surface area contributed by atoms with Gasteiger partial charge in [0.1, 0.15) is 0 Å². The van der Waals surface area contributed by atoms with E-state index in [4.69, 9.17) is 0 Å². The zero-order valence-electron chi connectivity index (χ0n) is 19.7. The van der Waals surface area contributed by atoms with Gasteiger partial charge in [-0.2, -0.15) is 0 Å². The first-order valence-corrected chi connectivity index (χ1v) is 11.9. The molecule has 0 bridgehead atoms. The average Bonchev–Trinajstić information content (AvgIpc) is 2.86. The molecule has 0 unspecified atom stereocenters.